The van der Waals surface area contributed by atoms with Gasteiger partial charge >= 0.3 is 0 Å². The van der Waals surface area contributed by atoms with E-state index in [1.54, 1.807) is 0 Å². The highest BCUT2D eigenvalue weighted by Crippen LogP contribution is 2.62. The highest BCUT2D eigenvalue weighted by molar-refractivity contribution is 5.15. The van der Waals surface area contributed by atoms with Gasteiger partial charge in [-0.05, 0) is 49.5 Å². The standard InChI is InChI=1S/C18H24O2/c1-17-11-16(19-12-13-6-4-3-5-7-13)18(2)10-14(17)8-9-15(17)20-18/h3-7,14-16H,8-12H2,1-2H3/t14-,15-,16-,17-,18-/m0/s1. The maximum absolute atomic E-state index is 6.44. The molecule has 2 saturated heterocycles. The first-order chi connectivity index (χ1) is 9.60. The van der Waals surface area contributed by atoms with Crippen molar-refractivity contribution in [3.05, 3.63) is 35.9 Å². The van der Waals surface area contributed by atoms with E-state index in [4.69, 9.17) is 9.47 Å². The molecule has 2 aliphatic heterocycles. The molecule has 0 spiro atoms. The number of rotatable bonds is 3. The Morgan fingerprint density at radius 2 is 1.95 bits per heavy atom. The minimum atomic E-state index is -0.0572. The highest BCUT2D eigenvalue weighted by Gasteiger charge is 2.63. The summed E-state index contributed by atoms with van der Waals surface area (Å²) in [5.41, 5.74) is 1.56. The van der Waals surface area contributed by atoms with Gasteiger partial charge in [0.25, 0.3) is 0 Å². The first kappa shape index (κ1) is 12.8. The molecule has 2 saturated carbocycles. The van der Waals surface area contributed by atoms with Crippen molar-refractivity contribution < 1.29 is 9.47 Å². The van der Waals surface area contributed by atoms with Gasteiger partial charge in [0.1, 0.15) is 0 Å². The SMILES string of the molecule is C[C@]12C[C@H](OCc3ccccc3)[C@]3(C)C[C@@H]1CC[C@@H]2O3. The van der Waals surface area contributed by atoms with E-state index in [9.17, 15) is 0 Å². The lowest BCUT2D eigenvalue weighted by atomic mass is 9.60. The second kappa shape index (κ2) is 4.32. The number of hydrogen-bond acceptors (Lipinski definition) is 2. The predicted molar refractivity (Wildman–Crippen MR) is 78.4 cm³/mol. The zero-order valence-corrected chi connectivity index (χ0v) is 12.5. The molecule has 0 aromatic heterocycles. The molecule has 5 atom stereocenters. The van der Waals surface area contributed by atoms with Crippen molar-refractivity contribution in [2.45, 2.75) is 63.9 Å². The normalized spacial score (nSPS) is 45.8. The molecule has 2 aliphatic carbocycles. The second-order valence-electron chi connectivity index (χ2n) is 7.39. The van der Waals surface area contributed by atoms with E-state index in [1.807, 2.05) is 0 Å². The molecule has 0 radical (unpaired) electrons. The lowest BCUT2D eigenvalue weighted by Crippen LogP contribution is -2.63. The molecule has 0 amide bonds. The summed E-state index contributed by atoms with van der Waals surface area (Å²) in [6.45, 7) is 5.40. The number of hydrogen-bond donors (Lipinski definition) is 0. The van der Waals surface area contributed by atoms with Crippen LogP contribution in [0.1, 0.15) is 45.1 Å². The predicted octanol–water partition coefficient (Wildman–Crippen LogP) is 3.94. The fourth-order valence-electron chi connectivity index (χ4n) is 4.79. The molecule has 0 N–H and O–H groups in total. The van der Waals surface area contributed by atoms with Gasteiger partial charge in [0, 0.05) is 0 Å². The second-order valence-corrected chi connectivity index (χ2v) is 7.39. The van der Waals surface area contributed by atoms with E-state index in [0.717, 1.165) is 5.92 Å². The van der Waals surface area contributed by atoms with Crippen LogP contribution in [-0.4, -0.2) is 17.8 Å². The van der Waals surface area contributed by atoms with E-state index in [1.165, 1.54) is 31.2 Å². The fraction of sp³-hybridized carbons (Fsp3) is 0.667. The van der Waals surface area contributed by atoms with Crippen molar-refractivity contribution >= 4 is 0 Å². The van der Waals surface area contributed by atoms with Crippen molar-refractivity contribution in [2.24, 2.45) is 11.3 Å². The molecular weight excluding hydrogens is 248 g/mol. The van der Waals surface area contributed by atoms with Crippen molar-refractivity contribution in [2.75, 3.05) is 0 Å². The lowest BCUT2D eigenvalue weighted by Gasteiger charge is -2.58. The summed E-state index contributed by atoms with van der Waals surface area (Å²) in [5.74, 6) is 0.850. The Hall–Kier alpha value is -0.860. The molecule has 4 bridgehead atoms. The first-order valence-corrected chi connectivity index (χ1v) is 7.93. The van der Waals surface area contributed by atoms with Gasteiger partial charge in [-0.2, -0.15) is 0 Å². The van der Waals surface area contributed by atoms with E-state index in [-0.39, 0.29) is 11.7 Å². The van der Waals surface area contributed by atoms with Crippen molar-refractivity contribution in [3.63, 3.8) is 0 Å². The van der Waals surface area contributed by atoms with Crippen LogP contribution in [0.2, 0.25) is 0 Å². The van der Waals surface area contributed by atoms with Crippen LogP contribution < -0.4 is 0 Å². The number of ether oxygens (including phenoxy) is 2. The summed E-state index contributed by atoms with van der Waals surface area (Å²) >= 11 is 0. The zero-order valence-electron chi connectivity index (χ0n) is 12.5. The third-order valence-corrected chi connectivity index (χ3v) is 6.11. The smallest absolute Gasteiger partial charge is 0.0922 e. The van der Waals surface area contributed by atoms with E-state index < -0.39 is 0 Å². The molecule has 4 aliphatic rings. The largest absolute Gasteiger partial charge is 0.371 e. The van der Waals surface area contributed by atoms with Gasteiger partial charge in [-0.15, -0.1) is 0 Å². The van der Waals surface area contributed by atoms with Gasteiger partial charge in [0.15, 0.2) is 0 Å². The van der Waals surface area contributed by atoms with Crippen LogP contribution in [0.15, 0.2) is 30.3 Å². The van der Waals surface area contributed by atoms with Crippen LogP contribution in [0.4, 0.5) is 0 Å². The third-order valence-electron chi connectivity index (χ3n) is 6.11. The van der Waals surface area contributed by atoms with Crippen LogP contribution in [0.25, 0.3) is 0 Å². The third kappa shape index (κ3) is 1.78. The van der Waals surface area contributed by atoms with Crippen LogP contribution in [-0.2, 0) is 16.1 Å². The molecule has 0 unspecified atom stereocenters. The topological polar surface area (TPSA) is 18.5 Å². The summed E-state index contributed by atoms with van der Waals surface area (Å²) in [4.78, 5) is 0. The molecule has 5 rings (SSSR count). The van der Waals surface area contributed by atoms with Crippen molar-refractivity contribution in [3.8, 4) is 0 Å². The molecule has 2 heteroatoms. The lowest BCUT2D eigenvalue weighted by molar-refractivity contribution is -0.280. The van der Waals surface area contributed by atoms with Gasteiger partial charge in [0.2, 0.25) is 0 Å². The average Bonchev–Trinajstić information content (AvgIpc) is 2.64. The molecule has 1 aromatic carbocycles. The number of benzene rings is 1. The van der Waals surface area contributed by atoms with Gasteiger partial charge in [-0.25, -0.2) is 0 Å². The van der Waals surface area contributed by atoms with Crippen LogP contribution >= 0.6 is 0 Å². The van der Waals surface area contributed by atoms with Gasteiger partial charge < -0.3 is 9.47 Å². The Morgan fingerprint density at radius 1 is 1.15 bits per heavy atom. The summed E-state index contributed by atoms with van der Waals surface area (Å²) in [6, 6.07) is 10.5. The molecule has 20 heavy (non-hydrogen) atoms. The summed E-state index contributed by atoms with van der Waals surface area (Å²) < 4.78 is 12.7. The zero-order chi connectivity index (χ0) is 13.8. The molecule has 4 fully saturated rings. The quantitative estimate of drug-likeness (QED) is 0.829. The van der Waals surface area contributed by atoms with Gasteiger partial charge in [-0.3, -0.25) is 0 Å². The monoisotopic (exact) mass is 272 g/mol. The molecule has 1 aromatic rings. The minimum Gasteiger partial charge on any atom is -0.371 e. The summed E-state index contributed by atoms with van der Waals surface area (Å²) in [6.07, 6.45) is 5.68. The Balaban J connectivity index is 1.50. The maximum atomic E-state index is 6.44. The fourth-order valence-corrected chi connectivity index (χ4v) is 4.79. The maximum Gasteiger partial charge on any atom is 0.0922 e. The number of fused-ring (bicyclic) bond motifs is 1. The molecule has 108 valence electrons. The Morgan fingerprint density at radius 3 is 2.70 bits per heavy atom. The van der Waals surface area contributed by atoms with Crippen LogP contribution in [0.3, 0.4) is 0 Å². The first-order valence-electron chi connectivity index (χ1n) is 7.93. The van der Waals surface area contributed by atoms with Gasteiger partial charge in [-0.1, -0.05) is 37.3 Å². The van der Waals surface area contributed by atoms with E-state index >= 15 is 0 Å². The summed E-state index contributed by atoms with van der Waals surface area (Å²) in [7, 11) is 0. The highest BCUT2D eigenvalue weighted by atomic mass is 16.6. The van der Waals surface area contributed by atoms with E-state index in [2.05, 4.69) is 44.2 Å². The van der Waals surface area contributed by atoms with E-state index in [0.29, 0.717) is 18.1 Å². The molecule has 2 nitrogen and oxygen atoms in total. The van der Waals surface area contributed by atoms with Crippen LogP contribution in [0.5, 0.6) is 0 Å². The minimum absolute atomic E-state index is 0.0572. The van der Waals surface area contributed by atoms with Crippen molar-refractivity contribution in [1.82, 2.24) is 0 Å². The average molecular weight is 272 g/mol. The Kier molecular flexibility index (Phi) is 2.77. The molecule has 2 heterocycles. The van der Waals surface area contributed by atoms with Crippen molar-refractivity contribution in [1.29, 1.82) is 0 Å². The Labute approximate surface area is 121 Å². The molecular formula is C18H24O2. The summed E-state index contributed by atoms with van der Waals surface area (Å²) in [5, 5.41) is 0. The van der Waals surface area contributed by atoms with Crippen LogP contribution in [0, 0.1) is 11.3 Å². The van der Waals surface area contributed by atoms with Gasteiger partial charge in [0.05, 0.1) is 24.4 Å². The Bertz CT molecular complexity index is 481.